The maximum absolute atomic E-state index is 11.8. The molecule has 3 aromatic rings. The molecular formula is C22H19N3O3. The highest BCUT2D eigenvalue weighted by Gasteiger charge is 2.24. The average Bonchev–Trinajstić information content (AvgIpc) is 3.22. The number of methoxy groups -OCH3 is 1. The second-order valence-electron chi connectivity index (χ2n) is 6.73. The molecule has 6 nitrogen and oxygen atoms in total. The number of pyridine rings is 2. The van der Waals surface area contributed by atoms with Gasteiger partial charge in [-0.05, 0) is 24.6 Å². The van der Waals surface area contributed by atoms with Crippen molar-refractivity contribution >= 4 is 22.7 Å². The molecular weight excluding hydrogens is 354 g/mol. The monoisotopic (exact) mass is 373 g/mol. The van der Waals surface area contributed by atoms with Crippen LogP contribution in [0.1, 0.15) is 22.3 Å². The van der Waals surface area contributed by atoms with Crippen LogP contribution in [0.4, 0.5) is 5.82 Å². The van der Waals surface area contributed by atoms with Gasteiger partial charge in [0.05, 0.1) is 22.9 Å². The number of aromatic carboxylic acids is 1. The minimum Gasteiger partial charge on any atom is -0.478 e. The van der Waals surface area contributed by atoms with E-state index in [0.29, 0.717) is 16.6 Å². The fourth-order valence-electron chi connectivity index (χ4n) is 3.47. The van der Waals surface area contributed by atoms with Gasteiger partial charge in [0.25, 0.3) is 0 Å². The average molecular weight is 373 g/mol. The van der Waals surface area contributed by atoms with Gasteiger partial charge < -0.3 is 14.7 Å². The summed E-state index contributed by atoms with van der Waals surface area (Å²) in [5, 5.41) is 10.2. The number of carboxylic acids is 1. The summed E-state index contributed by atoms with van der Waals surface area (Å²) in [5.41, 5.74) is 2.93. The normalized spacial score (nSPS) is 16.3. The first-order valence-corrected chi connectivity index (χ1v) is 8.98. The summed E-state index contributed by atoms with van der Waals surface area (Å²) in [6.07, 6.45) is 8.12. The Morgan fingerprint density at radius 1 is 1.32 bits per heavy atom. The first-order valence-electron chi connectivity index (χ1n) is 8.98. The van der Waals surface area contributed by atoms with Crippen molar-refractivity contribution in [3.05, 3.63) is 53.7 Å². The Labute approximate surface area is 162 Å². The minimum atomic E-state index is -1.01. The van der Waals surface area contributed by atoms with E-state index in [-0.39, 0.29) is 11.7 Å². The Morgan fingerprint density at radius 3 is 2.75 bits per heavy atom. The van der Waals surface area contributed by atoms with Crippen LogP contribution in [-0.2, 0) is 4.74 Å². The molecule has 1 aliphatic heterocycles. The molecule has 140 valence electrons. The smallest absolute Gasteiger partial charge is 0.336 e. The van der Waals surface area contributed by atoms with E-state index < -0.39 is 5.97 Å². The number of hydrogen-bond donors (Lipinski definition) is 1. The molecule has 2 aromatic heterocycles. The van der Waals surface area contributed by atoms with E-state index in [2.05, 4.69) is 15.8 Å². The van der Waals surface area contributed by atoms with Crippen LogP contribution >= 0.6 is 0 Å². The zero-order valence-electron chi connectivity index (χ0n) is 15.4. The first kappa shape index (κ1) is 18.0. The van der Waals surface area contributed by atoms with Crippen molar-refractivity contribution in [3.8, 4) is 23.6 Å². The van der Waals surface area contributed by atoms with Crippen molar-refractivity contribution in [1.82, 2.24) is 9.97 Å². The molecule has 1 unspecified atom stereocenters. The van der Waals surface area contributed by atoms with E-state index in [9.17, 15) is 9.90 Å². The molecule has 4 rings (SSSR count). The molecule has 28 heavy (non-hydrogen) atoms. The van der Waals surface area contributed by atoms with Crippen LogP contribution in [0, 0.1) is 12.3 Å². The Balaban J connectivity index is 1.80. The number of fused-ring (bicyclic) bond motifs is 1. The molecule has 1 atom stereocenters. The lowest BCUT2D eigenvalue weighted by Gasteiger charge is -2.18. The summed E-state index contributed by atoms with van der Waals surface area (Å²) in [5.74, 6) is 2.34. The molecule has 0 aliphatic carbocycles. The third kappa shape index (κ3) is 3.28. The predicted octanol–water partition coefficient (Wildman–Crippen LogP) is 3.20. The lowest BCUT2D eigenvalue weighted by Crippen LogP contribution is -2.23. The molecule has 0 saturated carbocycles. The largest absolute Gasteiger partial charge is 0.478 e. The Bertz CT molecular complexity index is 1090. The fraction of sp³-hybridized carbons (Fsp3) is 0.227. The van der Waals surface area contributed by atoms with Gasteiger partial charge in [-0.2, -0.15) is 0 Å². The molecule has 1 saturated heterocycles. The third-order valence-corrected chi connectivity index (χ3v) is 5.06. The van der Waals surface area contributed by atoms with Crippen LogP contribution in [0.3, 0.4) is 0 Å². The van der Waals surface area contributed by atoms with Crippen molar-refractivity contribution in [1.29, 1.82) is 0 Å². The second kappa shape index (κ2) is 7.29. The standard InChI is InChI=1S/C22H19N3O3/c1-3-14-4-6-15(7-5-14)19-10-17(22(26)27)18-12-23-21(11-20(18)24-19)25-9-8-16(13-25)28-2/h1,4-7,10-12,16H,8-9,13H2,2H3,(H,26,27). The number of terminal acetylenes is 1. The Morgan fingerprint density at radius 2 is 2.11 bits per heavy atom. The van der Waals surface area contributed by atoms with Gasteiger partial charge in [-0.3, -0.25) is 0 Å². The molecule has 1 N–H and O–H groups in total. The van der Waals surface area contributed by atoms with Crippen LogP contribution in [0.15, 0.2) is 42.6 Å². The Kier molecular flexibility index (Phi) is 4.68. The summed E-state index contributed by atoms with van der Waals surface area (Å²) in [6.45, 7) is 1.60. The SMILES string of the molecule is C#Cc1ccc(-c2cc(C(=O)O)c3cnc(N4CCC(OC)C4)cc3n2)cc1. The lowest BCUT2D eigenvalue weighted by molar-refractivity contribution is 0.0699. The first-order chi connectivity index (χ1) is 13.6. The second-order valence-corrected chi connectivity index (χ2v) is 6.73. The highest BCUT2D eigenvalue weighted by Crippen LogP contribution is 2.28. The van der Waals surface area contributed by atoms with E-state index in [4.69, 9.17) is 16.1 Å². The zero-order chi connectivity index (χ0) is 19.7. The maximum Gasteiger partial charge on any atom is 0.336 e. The van der Waals surface area contributed by atoms with Crippen molar-refractivity contribution in [2.75, 3.05) is 25.1 Å². The molecule has 0 radical (unpaired) electrons. The number of nitrogens with zero attached hydrogens (tertiary/aromatic N) is 3. The van der Waals surface area contributed by atoms with Gasteiger partial charge in [-0.1, -0.05) is 18.1 Å². The van der Waals surface area contributed by atoms with Gasteiger partial charge in [-0.25, -0.2) is 14.8 Å². The molecule has 6 heteroatoms. The molecule has 3 heterocycles. The van der Waals surface area contributed by atoms with Crippen LogP contribution in [0.25, 0.3) is 22.2 Å². The molecule has 0 amide bonds. The van der Waals surface area contributed by atoms with Crippen LogP contribution in [0.5, 0.6) is 0 Å². The summed E-state index contributed by atoms with van der Waals surface area (Å²) in [4.78, 5) is 23.1. The van der Waals surface area contributed by atoms with Crippen molar-refractivity contribution in [3.63, 3.8) is 0 Å². The number of ether oxygens (including phenoxy) is 1. The lowest BCUT2D eigenvalue weighted by atomic mass is 10.0. The van der Waals surface area contributed by atoms with Gasteiger partial charge in [0, 0.05) is 49.0 Å². The summed E-state index contributed by atoms with van der Waals surface area (Å²) in [6, 6.07) is 10.7. The quantitative estimate of drug-likeness (QED) is 0.708. The number of rotatable bonds is 4. The van der Waals surface area contributed by atoms with Crippen molar-refractivity contribution in [2.45, 2.75) is 12.5 Å². The van der Waals surface area contributed by atoms with E-state index in [0.717, 1.165) is 36.5 Å². The highest BCUT2D eigenvalue weighted by molar-refractivity contribution is 6.04. The van der Waals surface area contributed by atoms with E-state index in [1.165, 1.54) is 0 Å². The van der Waals surface area contributed by atoms with Crippen molar-refractivity contribution < 1.29 is 14.6 Å². The van der Waals surface area contributed by atoms with E-state index in [1.807, 2.05) is 30.3 Å². The number of hydrogen-bond acceptors (Lipinski definition) is 5. The number of benzene rings is 1. The zero-order valence-corrected chi connectivity index (χ0v) is 15.4. The number of aromatic nitrogens is 2. The van der Waals surface area contributed by atoms with Gasteiger partial charge in [0.15, 0.2) is 0 Å². The van der Waals surface area contributed by atoms with Gasteiger partial charge in [0.1, 0.15) is 5.82 Å². The minimum absolute atomic E-state index is 0.177. The molecule has 1 aliphatic rings. The fourth-order valence-corrected chi connectivity index (χ4v) is 3.47. The third-order valence-electron chi connectivity index (χ3n) is 5.06. The molecule has 0 spiro atoms. The molecule has 1 aromatic carbocycles. The van der Waals surface area contributed by atoms with E-state index in [1.54, 1.807) is 19.4 Å². The number of carbonyl (C=O) groups is 1. The van der Waals surface area contributed by atoms with Gasteiger partial charge in [-0.15, -0.1) is 6.42 Å². The Hall–Kier alpha value is -3.43. The number of carboxylic acid groups (broad SMARTS) is 1. The van der Waals surface area contributed by atoms with Crippen LogP contribution < -0.4 is 4.90 Å². The number of anilines is 1. The maximum atomic E-state index is 11.8. The summed E-state index contributed by atoms with van der Waals surface area (Å²) >= 11 is 0. The summed E-state index contributed by atoms with van der Waals surface area (Å²) < 4.78 is 5.42. The summed E-state index contributed by atoms with van der Waals surface area (Å²) in [7, 11) is 1.71. The highest BCUT2D eigenvalue weighted by atomic mass is 16.5. The molecule has 0 bridgehead atoms. The van der Waals surface area contributed by atoms with Gasteiger partial charge in [0.2, 0.25) is 0 Å². The topological polar surface area (TPSA) is 75.5 Å². The van der Waals surface area contributed by atoms with Gasteiger partial charge >= 0.3 is 5.97 Å². The van der Waals surface area contributed by atoms with Crippen molar-refractivity contribution in [2.24, 2.45) is 0 Å². The van der Waals surface area contributed by atoms with Crippen LogP contribution in [-0.4, -0.2) is 47.3 Å². The van der Waals surface area contributed by atoms with E-state index >= 15 is 0 Å². The predicted molar refractivity (Wildman–Crippen MR) is 107 cm³/mol. The molecule has 1 fully saturated rings. The van der Waals surface area contributed by atoms with Crippen LogP contribution in [0.2, 0.25) is 0 Å².